The molecule has 2 aromatic carbocycles. The lowest BCUT2D eigenvalue weighted by atomic mass is 9.89. The second kappa shape index (κ2) is 9.92. The number of halogens is 4. The third kappa shape index (κ3) is 4.54. The summed E-state index contributed by atoms with van der Waals surface area (Å²) in [6.45, 7) is 6.19. The Bertz CT molecular complexity index is 1430. The van der Waals surface area contributed by atoms with Crippen LogP contribution in [0.15, 0.2) is 54.7 Å². The number of benzene rings is 2. The summed E-state index contributed by atoms with van der Waals surface area (Å²) in [5.74, 6) is -1.21. The van der Waals surface area contributed by atoms with Gasteiger partial charge in [-0.2, -0.15) is 4.73 Å². The molecule has 0 bridgehead atoms. The van der Waals surface area contributed by atoms with Crippen LogP contribution in [0, 0.1) is 16.8 Å². The molecule has 0 amide bonds. The molecule has 2 aromatic heterocycles. The van der Waals surface area contributed by atoms with Gasteiger partial charge in [0.2, 0.25) is 0 Å². The van der Waals surface area contributed by atoms with Gasteiger partial charge in [0.25, 0.3) is 5.69 Å². The first kappa shape index (κ1) is 24.9. The van der Waals surface area contributed by atoms with Crippen molar-refractivity contribution in [2.45, 2.75) is 38.6 Å². The topological polar surface area (TPSA) is 43.1 Å². The molecule has 0 spiro atoms. The van der Waals surface area contributed by atoms with Gasteiger partial charge in [-0.3, -0.25) is 0 Å². The van der Waals surface area contributed by atoms with Gasteiger partial charge in [0.1, 0.15) is 17.2 Å². The van der Waals surface area contributed by atoms with E-state index in [0.29, 0.717) is 42.8 Å². The van der Waals surface area contributed by atoms with Gasteiger partial charge < -0.3 is 10.1 Å². The van der Waals surface area contributed by atoms with Crippen LogP contribution in [-0.2, 0) is 0 Å². The predicted octanol–water partition coefficient (Wildman–Crippen LogP) is 7.38. The van der Waals surface area contributed by atoms with Crippen LogP contribution in [0.1, 0.15) is 38.3 Å². The lowest BCUT2D eigenvalue weighted by Gasteiger charge is -2.34. The molecule has 0 aliphatic carbocycles. The van der Waals surface area contributed by atoms with Gasteiger partial charge in [-0.25, -0.2) is 13.8 Å². The highest BCUT2D eigenvalue weighted by molar-refractivity contribution is 6.39. The van der Waals surface area contributed by atoms with Crippen molar-refractivity contribution in [3.05, 3.63) is 87.3 Å². The zero-order valence-corrected chi connectivity index (χ0v) is 21.5. The molecule has 0 unspecified atom stereocenters. The molecular formula is C28H25Cl2F2N3O. The lowest BCUT2D eigenvalue weighted by Crippen LogP contribution is -2.38. The van der Waals surface area contributed by atoms with Gasteiger partial charge in [-0.15, -0.1) is 0 Å². The molecule has 3 heterocycles. The van der Waals surface area contributed by atoms with E-state index in [4.69, 9.17) is 28.2 Å². The minimum Gasteiger partial charge on any atom is -0.618 e. The maximum atomic E-state index is 15.0. The van der Waals surface area contributed by atoms with E-state index in [0.717, 1.165) is 37.7 Å². The third-order valence-electron chi connectivity index (χ3n) is 7.00. The first-order valence-corrected chi connectivity index (χ1v) is 12.7. The zero-order valence-electron chi connectivity index (χ0n) is 19.9. The Labute approximate surface area is 218 Å². The number of nitrogens with zero attached hydrogens (tertiary/aromatic N) is 3. The monoisotopic (exact) mass is 527 g/mol. The second-order valence-electron chi connectivity index (χ2n) is 9.47. The summed E-state index contributed by atoms with van der Waals surface area (Å²) >= 11 is 13.0. The molecule has 0 saturated carbocycles. The SMILES string of the molecule is CC(C)N1CCC(c2cc(-c3ccc(F)cc3F)c3cc[n+]([O-])c(-c4c(Cl)cccc4Cl)c3n2)CC1. The summed E-state index contributed by atoms with van der Waals surface area (Å²) in [6.07, 6.45) is 3.10. The normalized spacial score (nSPS) is 15.2. The number of likely N-dealkylation sites (tertiary alicyclic amines) is 1. The van der Waals surface area contributed by atoms with Gasteiger partial charge in [-0.05, 0) is 75.7 Å². The highest BCUT2D eigenvalue weighted by Gasteiger charge is 2.28. The third-order valence-corrected chi connectivity index (χ3v) is 7.63. The highest BCUT2D eigenvalue weighted by Crippen LogP contribution is 2.40. The number of hydrogen-bond acceptors (Lipinski definition) is 3. The van der Waals surface area contributed by atoms with E-state index in [2.05, 4.69) is 18.7 Å². The summed E-state index contributed by atoms with van der Waals surface area (Å²) in [6, 6.07) is 12.5. The van der Waals surface area contributed by atoms with Crippen molar-refractivity contribution in [1.82, 2.24) is 9.88 Å². The minimum atomic E-state index is -0.681. The molecule has 5 rings (SSSR count). The van der Waals surface area contributed by atoms with Crippen LogP contribution in [0.2, 0.25) is 10.0 Å². The molecule has 186 valence electrons. The standard InChI is InChI=1S/C28H25Cl2F2N3O/c1-16(2)34-11-8-17(9-12-34)25-15-21(19-7-6-18(31)14-24(19)32)20-10-13-35(36)28(27(20)33-25)26-22(29)4-3-5-23(26)30/h3-7,10,13-17H,8-9,11-12H2,1-2H3. The Kier molecular flexibility index (Phi) is 6.86. The molecule has 1 aliphatic rings. The average molecular weight is 528 g/mol. The summed E-state index contributed by atoms with van der Waals surface area (Å²) in [4.78, 5) is 7.38. The van der Waals surface area contributed by atoms with Crippen LogP contribution in [0.3, 0.4) is 0 Å². The van der Waals surface area contributed by atoms with Crippen LogP contribution in [-0.4, -0.2) is 29.0 Å². The predicted molar refractivity (Wildman–Crippen MR) is 140 cm³/mol. The average Bonchev–Trinajstić information content (AvgIpc) is 2.84. The quantitative estimate of drug-likeness (QED) is 0.205. The number of piperidine rings is 1. The van der Waals surface area contributed by atoms with E-state index in [-0.39, 0.29) is 17.2 Å². The fourth-order valence-electron chi connectivity index (χ4n) is 5.05. The van der Waals surface area contributed by atoms with E-state index in [1.54, 1.807) is 24.3 Å². The molecule has 0 radical (unpaired) electrons. The summed E-state index contributed by atoms with van der Waals surface area (Å²) < 4.78 is 29.5. The van der Waals surface area contributed by atoms with Gasteiger partial charge in [0.15, 0.2) is 6.20 Å². The maximum absolute atomic E-state index is 15.0. The fraction of sp³-hybridized carbons (Fsp3) is 0.286. The summed E-state index contributed by atoms with van der Waals surface area (Å²) in [5, 5.41) is 14.3. The first-order chi connectivity index (χ1) is 17.2. The van der Waals surface area contributed by atoms with Crippen LogP contribution in [0.4, 0.5) is 8.78 Å². The molecule has 4 nitrogen and oxygen atoms in total. The molecule has 0 N–H and O–H groups in total. The number of aromatic nitrogens is 2. The van der Waals surface area contributed by atoms with Crippen LogP contribution >= 0.6 is 23.2 Å². The number of rotatable bonds is 4. The Morgan fingerprint density at radius 3 is 2.33 bits per heavy atom. The molecule has 1 saturated heterocycles. The van der Waals surface area contributed by atoms with E-state index < -0.39 is 11.6 Å². The largest absolute Gasteiger partial charge is 0.618 e. The van der Waals surface area contributed by atoms with Gasteiger partial charge in [-0.1, -0.05) is 29.3 Å². The Hall–Kier alpha value is -2.80. The van der Waals surface area contributed by atoms with Crippen molar-refractivity contribution in [2.24, 2.45) is 0 Å². The Balaban J connectivity index is 1.78. The lowest BCUT2D eigenvalue weighted by molar-refractivity contribution is -0.592. The van der Waals surface area contributed by atoms with Crippen molar-refractivity contribution in [3.63, 3.8) is 0 Å². The Morgan fingerprint density at radius 2 is 1.69 bits per heavy atom. The van der Waals surface area contributed by atoms with Crippen molar-refractivity contribution in [2.75, 3.05) is 13.1 Å². The van der Waals surface area contributed by atoms with Crippen LogP contribution < -0.4 is 4.73 Å². The first-order valence-electron chi connectivity index (χ1n) is 11.9. The van der Waals surface area contributed by atoms with Crippen molar-refractivity contribution < 1.29 is 13.5 Å². The zero-order chi connectivity index (χ0) is 25.6. The maximum Gasteiger partial charge on any atom is 0.253 e. The smallest absolute Gasteiger partial charge is 0.253 e. The molecule has 4 aromatic rings. The minimum absolute atomic E-state index is 0.126. The Morgan fingerprint density at radius 1 is 1.00 bits per heavy atom. The summed E-state index contributed by atoms with van der Waals surface area (Å²) in [7, 11) is 0. The number of hydrogen-bond donors (Lipinski definition) is 0. The molecule has 36 heavy (non-hydrogen) atoms. The number of pyridine rings is 2. The fourth-order valence-corrected chi connectivity index (χ4v) is 5.63. The van der Waals surface area contributed by atoms with Gasteiger partial charge in [0.05, 0.1) is 15.6 Å². The van der Waals surface area contributed by atoms with Crippen molar-refractivity contribution in [3.8, 4) is 22.4 Å². The van der Waals surface area contributed by atoms with Crippen molar-refractivity contribution in [1.29, 1.82) is 0 Å². The highest BCUT2D eigenvalue weighted by atomic mass is 35.5. The molecule has 8 heteroatoms. The van der Waals surface area contributed by atoms with Crippen LogP contribution in [0.25, 0.3) is 33.3 Å². The van der Waals surface area contributed by atoms with E-state index in [1.165, 1.54) is 18.3 Å². The summed E-state index contributed by atoms with van der Waals surface area (Å²) in [5.41, 5.74) is 2.50. The van der Waals surface area contributed by atoms with E-state index in [1.807, 2.05) is 6.07 Å². The van der Waals surface area contributed by atoms with Gasteiger partial charge in [0, 0.05) is 40.7 Å². The van der Waals surface area contributed by atoms with Gasteiger partial charge >= 0.3 is 0 Å². The molecule has 0 atom stereocenters. The van der Waals surface area contributed by atoms with Crippen molar-refractivity contribution >= 4 is 34.1 Å². The molecule has 1 fully saturated rings. The van der Waals surface area contributed by atoms with Crippen LogP contribution in [0.5, 0.6) is 0 Å². The van der Waals surface area contributed by atoms with E-state index in [9.17, 15) is 9.60 Å². The van der Waals surface area contributed by atoms with E-state index >= 15 is 4.39 Å². The second-order valence-corrected chi connectivity index (χ2v) is 10.3. The molecular weight excluding hydrogens is 503 g/mol. The molecule has 1 aliphatic heterocycles. The number of fused-ring (bicyclic) bond motifs is 1.